The maximum absolute atomic E-state index is 13.5. The molecule has 0 radical (unpaired) electrons. The number of piperazine rings is 1. The van der Waals surface area contributed by atoms with Crippen LogP contribution < -0.4 is 4.72 Å². The second kappa shape index (κ2) is 11.1. The molecule has 0 saturated carbocycles. The summed E-state index contributed by atoms with van der Waals surface area (Å²) in [5.74, 6) is -1.31. The molecule has 1 aliphatic heterocycles. The van der Waals surface area contributed by atoms with Crippen molar-refractivity contribution in [3.05, 3.63) is 102 Å². The SMILES string of the molecule is C[C@@H]1CN(CCc2cc(F)cc(F)c2)CCN1C(=O)c1ccc(NS(=O)(=O)c2cccc3cccnc23)cc1. The Morgan fingerprint density at radius 1 is 1.00 bits per heavy atom. The van der Waals surface area contributed by atoms with Crippen molar-refractivity contribution in [1.29, 1.82) is 0 Å². The standard InChI is InChI=1S/C29H28F2N4O3S/c1-20-19-34(13-11-21-16-24(30)18-25(31)17-21)14-15-35(20)29(36)23-7-9-26(10-8-23)33-39(37,38)27-6-2-4-22-5-3-12-32-28(22)27/h2-10,12,16-18,20,33H,11,13-15,19H2,1H3/t20-/m1/s1. The number of rotatable bonds is 7. The van der Waals surface area contributed by atoms with Crippen LogP contribution in [-0.2, 0) is 16.4 Å². The Morgan fingerprint density at radius 3 is 2.44 bits per heavy atom. The van der Waals surface area contributed by atoms with Gasteiger partial charge in [0.2, 0.25) is 0 Å². The third-order valence-corrected chi connectivity index (χ3v) is 8.29. The van der Waals surface area contributed by atoms with Gasteiger partial charge in [-0.15, -0.1) is 0 Å². The van der Waals surface area contributed by atoms with Gasteiger partial charge in [0.1, 0.15) is 16.5 Å². The minimum Gasteiger partial charge on any atom is -0.333 e. The van der Waals surface area contributed by atoms with Gasteiger partial charge in [-0.3, -0.25) is 19.4 Å². The number of anilines is 1. The molecule has 5 rings (SSSR count). The summed E-state index contributed by atoms with van der Waals surface area (Å²) in [6.45, 7) is 4.40. The summed E-state index contributed by atoms with van der Waals surface area (Å²) in [6.07, 6.45) is 2.07. The molecule has 0 unspecified atom stereocenters. The number of benzene rings is 3. The summed E-state index contributed by atoms with van der Waals surface area (Å²) in [7, 11) is -3.89. The zero-order valence-corrected chi connectivity index (χ0v) is 22.2. The van der Waals surface area contributed by atoms with E-state index in [-0.39, 0.29) is 16.8 Å². The molecule has 7 nitrogen and oxygen atoms in total. The first-order chi connectivity index (χ1) is 18.7. The van der Waals surface area contributed by atoms with Crippen LogP contribution in [0.1, 0.15) is 22.8 Å². The summed E-state index contributed by atoms with van der Waals surface area (Å²) in [5, 5.41) is 0.721. The fraction of sp³-hybridized carbons (Fsp3) is 0.241. The van der Waals surface area contributed by atoms with Crippen LogP contribution >= 0.6 is 0 Å². The number of pyridine rings is 1. The van der Waals surface area contributed by atoms with Crippen LogP contribution in [0.3, 0.4) is 0 Å². The first kappa shape index (κ1) is 26.7. The van der Waals surface area contributed by atoms with Gasteiger partial charge < -0.3 is 4.90 Å². The van der Waals surface area contributed by atoms with Gasteiger partial charge in [-0.2, -0.15) is 0 Å². The molecule has 1 aromatic heterocycles. The van der Waals surface area contributed by atoms with Crippen molar-refractivity contribution in [2.24, 2.45) is 0 Å². The van der Waals surface area contributed by atoms with E-state index in [1.807, 2.05) is 6.92 Å². The van der Waals surface area contributed by atoms with Crippen molar-refractivity contribution in [3.63, 3.8) is 0 Å². The number of hydrogen-bond acceptors (Lipinski definition) is 5. The third-order valence-electron chi connectivity index (χ3n) is 6.88. The van der Waals surface area contributed by atoms with Crippen molar-refractivity contribution in [3.8, 4) is 0 Å². The van der Waals surface area contributed by atoms with Crippen molar-refractivity contribution >= 4 is 32.5 Å². The molecule has 1 saturated heterocycles. The number of halogens is 2. The van der Waals surface area contributed by atoms with E-state index in [9.17, 15) is 22.0 Å². The first-order valence-corrected chi connectivity index (χ1v) is 14.1. The number of aromatic nitrogens is 1. The van der Waals surface area contributed by atoms with E-state index < -0.39 is 21.7 Å². The number of carbonyl (C=O) groups excluding carboxylic acids is 1. The second-order valence-electron chi connectivity index (χ2n) is 9.69. The topological polar surface area (TPSA) is 82.6 Å². The average molecular weight is 551 g/mol. The van der Waals surface area contributed by atoms with Gasteiger partial charge in [0.25, 0.3) is 15.9 Å². The van der Waals surface area contributed by atoms with E-state index in [2.05, 4.69) is 14.6 Å². The van der Waals surface area contributed by atoms with E-state index in [4.69, 9.17) is 0 Å². The van der Waals surface area contributed by atoms with Gasteiger partial charge in [0, 0.05) is 61.1 Å². The second-order valence-corrected chi connectivity index (χ2v) is 11.3. The van der Waals surface area contributed by atoms with Crippen LogP contribution in [0.2, 0.25) is 0 Å². The molecular formula is C29H28F2N4O3S. The first-order valence-electron chi connectivity index (χ1n) is 12.6. The fourth-order valence-electron chi connectivity index (χ4n) is 4.93. The lowest BCUT2D eigenvalue weighted by Crippen LogP contribution is -2.54. The zero-order chi connectivity index (χ0) is 27.6. The molecular weight excluding hydrogens is 522 g/mol. The molecule has 39 heavy (non-hydrogen) atoms. The molecule has 10 heteroatoms. The largest absolute Gasteiger partial charge is 0.333 e. The lowest BCUT2D eigenvalue weighted by molar-refractivity contribution is 0.0492. The van der Waals surface area contributed by atoms with Gasteiger partial charge in [0.15, 0.2) is 0 Å². The summed E-state index contributed by atoms with van der Waals surface area (Å²) < 4.78 is 55.6. The lowest BCUT2D eigenvalue weighted by atomic mass is 10.1. The number of nitrogens with one attached hydrogen (secondary N) is 1. The molecule has 1 fully saturated rings. The van der Waals surface area contributed by atoms with Crippen LogP contribution in [0, 0.1) is 11.6 Å². The van der Waals surface area contributed by atoms with Gasteiger partial charge >= 0.3 is 0 Å². The van der Waals surface area contributed by atoms with E-state index in [1.54, 1.807) is 59.6 Å². The zero-order valence-electron chi connectivity index (χ0n) is 21.3. The number of carbonyl (C=O) groups is 1. The highest BCUT2D eigenvalue weighted by Crippen LogP contribution is 2.24. The molecule has 0 spiro atoms. The molecule has 1 aliphatic rings. The van der Waals surface area contributed by atoms with E-state index >= 15 is 0 Å². The number of amides is 1. The molecule has 1 atom stereocenters. The highest BCUT2D eigenvalue weighted by atomic mass is 32.2. The van der Waals surface area contributed by atoms with Crippen molar-refractivity contribution in [2.75, 3.05) is 30.9 Å². The van der Waals surface area contributed by atoms with Gasteiger partial charge in [-0.25, -0.2) is 17.2 Å². The van der Waals surface area contributed by atoms with E-state index in [1.165, 1.54) is 18.2 Å². The number of fused-ring (bicyclic) bond motifs is 1. The van der Waals surface area contributed by atoms with Crippen LogP contribution in [0.25, 0.3) is 10.9 Å². The number of nitrogens with zero attached hydrogens (tertiary/aromatic N) is 3. The monoisotopic (exact) mass is 550 g/mol. The Bertz CT molecular complexity index is 1590. The van der Waals surface area contributed by atoms with Crippen molar-refractivity contribution in [2.45, 2.75) is 24.3 Å². The highest BCUT2D eigenvalue weighted by Gasteiger charge is 2.28. The summed E-state index contributed by atoms with van der Waals surface area (Å²) >= 11 is 0. The van der Waals surface area contributed by atoms with Crippen molar-refractivity contribution in [1.82, 2.24) is 14.8 Å². The van der Waals surface area contributed by atoms with Crippen LogP contribution in [-0.4, -0.2) is 61.3 Å². The van der Waals surface area contributed by atoms with Gasteiger partial charge in [-0.05, 0) is 67.4 Å². The third kappa shape index (κ3) is 6.07. The number of para-hydroxylation sites is 1. The smallest absolute Gasteiger partial charge is 0.264 e. The van der Waals surface area contributed by atoms with Crippen LogP contribution in [0.5, 0.6) is 0 Å². The number of sulfonamides is 1. The van der Waals surface area contributed by atoms with Crippen LogP contribution in [0.15, 0.2) is 83.9 Å². The van der Waals surface area contributed by atoms with E-state index in [0.717, 1.165) is 11.5 Å². The predicted molar refractivity (Wildman–Crippen MR) is 146 cm³/mol. The normalized spacial score (nSPS) is 16.4. The summed E-state index contributed by atoms with van der Waals surface area (Å²) in [5.41, 5.74) is 1.79. The molecule has 4 aromatic rings. The van der Waals surface area contributed by atoms with Crippen molar-refractivity contribution < 1.29 is 22.0 Å². The maximum Gasteiger partial charge on any atom is 0.264 e. The Hall–Kier alpha value is -3.89. The van der Waals surface area contributed by atoms with Crippen LogP contribution in [0.4, 0.5) is 14.5 Å². The molecule has 1 amide bonds. The average Bonchev–Trinajstić information content (AvgIpc) is 2.91. The molecule has 0 bridgehead atoms. The molecule has 202 valence electrons. The Morgan fingerprint density at radius 2 is 1.72 bits per heavy atom. The van der Waals surface area contributed by atoms with Gasteiger partial charge in [0.05, 0.1) is 5.52 Å². The Balaban J connectivity index is 1.20. The quantitative estimate of drug-likeness (QED) is 0.361. The Kier molecular flexibility index (Phi) is 7.58. The maximum atomic E-state index is 13.5. The predicted octanol–water partition coefficient (Wildman–Crippen LogP) is 4.70. The molecule has 3 aromatic carbocycles. The lowest BCUT2D eigenvalue weighted by Gasteiger charge is -2.40. The summed E-state index contributed by atoms with van der Waals surface area (Å²) in [4.78, 5) is 21.5. The molecule has 1 N–H and O–H groups in total. The Labute approximate surface area is 226 Å². The minimum absolute atomic E-state index is 0.0625. The minimum atomic E-state index is -3.89. The fourth-order valence-corrected chi connectivity index (χ4v) is 6.17. The molecule has 0 aliphatic carbocycles. The number of hydrogen-bond donors (Lipinski definition) is 1. The van der Waals surface area contributed by atoms with E-state index in [0.29, 0.717) is 54.9 Å². The summed E-state index contributed by atoms with van der Waals surface area (Å²) in [6, 6.07) is 18.4. The molecule has 2 heterocycles. The van der Waals surface area contributed by atoms with Gasteiger partial charge in [-0.1, -0.05) is 18.2 Å². The highest BCUT2D eigenvalue weighted by molar-refractivity contribution is 7.93.